The lowest BCUT2D eigenvalue weighted by Crippen LogP contribution is -2.52. The van der Waals surface area contributed by atoms with Crippen molar-refractivity contribution in [2.45, 2.75) is 231 Å². The van der Waals surface area contributed by atoms with E-state index >= 15 is 19.2 Å². The van der Waals surface area contributed by atoms with E-state index in [2.05, 4.69) is 72.8 Å². The molecule has 0 aliphatic heterocycles. The lowest BCUT2D eigenvalue weighted by atomic mass is 9.88. The van der Waals surface area contributed by atoms with Gasteiger partial charge in [-0.25, -0.2) is 19.7 Å². The predicted octanol–water partition coefficient (Wildman–Crippen LogP) is -5.04. The third-order valence-electron chi connectivity index (χ3n) is 24.0. The number of hydrogen-bond donors (Lipinski definition) is 30. The molecule has 0 saturated carbocycles. The second-order valence-electron chi connectivity index (χ2n) is 35.1. The summed E-state index contributed by atoms with van der Waals surface area (Å²) in [5, 5.41) is 215. The Kier molecular flexibility index (Phi) is 53.2. The van der Waals surface area contributed by atoms with Gasteiger partial charge in [-0.1, -0.05) is 72.8 Å². The highest BCUT2D eigenvalue weighted by molar-refractivity contribution is 8.76. The number of nitrogen functional groups attached to an aromatic ring is 1. The maximum Gasteiger partial charge on any atom is 0.326 e. The Morgan fingerprint density at radius 3 is 1.30 bits per heavy atom. The van der Waals surface area contributed by atoms with Gasteiger partial charge in [0.05, 0.1) is 74.6 Å². The fourth-order valence-electron chi connectivity index (χ4n) is 15.4. The molecule has 51 nitrogen and oxygen atoms in total. The van der Waals surface area contributed by atoms with Crippen LogP contribution < -0.4 is 59.1 Å². The molecule has 0 unspecified atom stereocenters. The van der Waals surface area contributed by atoms with Gasteiger partial charge in [0.15, 0.2) is 28.5 Å². The van der Waals surface area contributed by atoms with Crippen LogP contribution in [0.3, 0.4) is 0 Å². The molecule has 3 aromatic heterocycles. The summed E-state index contributed by atoms with van der Waals surface area (Å²) in [4.78, 5) is 255. The number of nitrogens with two attached hydrogens (primary N) is 1. The van der Waals surface area contributed by atoms with Gasteiger partial charge in [0.1, 0.15) is 77.8 Å². The van der Waals surface area contributed by atoms with Gasteiger partial charge in [-0.05, 0) is 108 Å². The van der Waals surface area contributed by atoms with Crippen molar-refractivity contribution in [3.63, 3.8) is 0 Å². The number of benzene rings is 3. The number of aromatic amines is 1. The summed E-state index contributed by atoms with van der Waals surface area (Å²) in [5.74, 6) is -27.1. The first-order valence-corrected chi connectivity index (χ1v) is 50.4. The van der Waals surface area contributed by atoms with E-state index in [1.54, 1.807) is 18.2 Å². The van der Waals surface area contributed by atoms with Gasteiger partial charge in [0, 0.05) is 155 Å². The van der Waals surface area contributed by atoms with Gasteiger partial charge in [-0.3, -0.25) is 81.7 Å². The number of fused-ring (bicyclic) bond motifs is 4. The molecule has 0 saturated heterocycles. The van der Waals surface area contributed by atoms with Crippen molar-refractivity contribution in [3.8, 4) is 11.1 Å². The van der Waals surface area contributed by atoms with Crippen LogP contribution in [-0.2, 0) is 78.5 Å². The Bertz CT molecular complexity index is 5510. The number of carboxylic acid groups (broad SMARTS) is 4. The number of ketones is 4. The molecule has 0 spiro atoms. The number of carboxylic acids is 4. The minimum Gasteiger partial charge on any atom is -0.481 e. The van der Waals surface area contributed by atoms with Crippen molar-refractivity contribution in [1.29, 1.82) is 0 Å². The van der Waals surface area contributed by atoms with E-state index in [-0.39, 0.29) is 66.2 Å². The number of pyridine rings is 1. The van der Waals surface area contributed by atoms with Crippen molar-refractivity contribution >= 4 is 150 Å². The van der Waals surface area contributed by atoms with Crippen LogP contribution in [0.2, 0.25) is 0 Å². The average molecular weight is 2150 g/mol. The van der Waals surface area contributed by atoms with Crippen LogP contribution in [0.5, 0.6) is 0 Å². The maximum atomic E-state index is 15.3. The summed E-state index contributed by atoms with van der Waals surface area (Å²) in [7, 11) is 2.06. The summed E-state index contributed by atoms with van der Waals surface area (Å²) in [5.41, 5.74) is 9.62. The number of aliphatic hydroxyl groups is 15. The van der Waals surface area contributed by atoms with Gasteiger partial charge in [-0.15, -0.1) is 0 Å². The third-order valence-corrected chi connectivity index (χ3v) is 27.5. The molecule has 149 heavy (non-hydrogen) atoms. The number of rotatable bonds is 71. The predicted molar refractivity (Wildman–Crippen MR) is 532 cm³/mol. The maximum absolute atomic E-state index is 15.3. The molecule has 0 radical (unpaired) electrons. The summed E-state index contributed by atoms with van der Waals surface area (Å²) < 4.78 is 0. The van der Waals surface area contributed by atoms with Gasteiger partial charge < -0.3 is 151 Å². The number of thioether (sulfide) groups is 1. The SMILES string of the molecule is C.Nc1nc2ncc(CNc3ccc(C(=O)N[C@@H](CCC(=O)C[C@@H](CCC(=O)NC[C@H](O)[C@@H](O)[C@H](O)[C@H](O)CO)C(=O)N[C@@H](CCC(=O)O)C(=O)C[C@@H](CCC(=O)NC[C@H](O)[C@@H](O)[C@H](O)[C@H](O)CO)C(=O)N[C@@H](CCC(=O)O)C(=O)C[C@@H](CCC(=O)NC[C@H](O)[C@@H](O)[C@H](O)[C@H](O)CO)C(=O)N[C@@H](CNC(=O)CCSCC4c5ccccc5-c5ccccc54)C(=O)C[C@@H](CSSc4ccccn4)C(=O)O)C(=O)O)cc3)nc2c(=O)[nH]1. The highest BCUT2D eigenvalue weighted by Gasteiger charge is 2.40. The molecule has 54 heteroatoms. The molecule has 0 fully saturated rings. The van der Waals surface area contributed by atoms with E-state index in [4.69, 9.17) is 5.73 Å². The number of carbonyl (C=O) groups excluding carboxylic acids is 12. The van der Waals surface area contributed by atoms with Gasteiger partial charge in [-0.2, -0.15) is 16.7 Å². The van der Waals surface area contributed by atoms with Crippen LogP contribution in [0.25, 0.3) is 22.3 Å². The number of aliphatic carboxylic acids is 4. The highest BCUT2D eigenvalue weighted by Crippen LogP contribution is 2.46. The Balaban J connectivity index is 0.0000339. The summed E-state index contributed by atoms with van der Waals surface area (Å²) >= 11 is 1.43. The van der Waals surface area contributed by atoms with Gasteiger partial charge >= 0.3 is 23.9 Å². The van der Waals surface area contributed by atoms with Crippen LogP contribution in [0.1, 0.15) is 150 Å². The monoisotopic (exact) mass is 2150 g/mol. The summed E-state index contributed by atoms with van der Waals surface area (Å²) in [6.07, 6.45) is -37.4. The van der Waals surface area contributed by atoms with Crippen LogP contribution in [-0.4, -0.2) is 377 Å². The van der Waals surface area contributed by atoms with Crippen molar-refractivity contribution in [2.75, 3.05) is 74.3 Å². The first-order chi connectivity index (χ1) is 70.3. The number of nitrogens with one attached hydrogen (secondary N) is 10. The standard InChI is InChI=1S/C94H125N15O36S3.CH4/c95-94-108-86-79(91(141)109-94)103-52(36-102-86)35-97-51-17-12-46(13-18-51)87(137)106-61(93(144)145)20-19-53(113)31-47(14-23-72(123)99-38-66(117)80(131)83(134)69(120)41-110)88(138)104-59(21-26-77(127)128)63(114)32-48(15-24-73(124)100-39-67(118)81(132)84(135)70(121)42-111)89(139)105-60(22-27-78(129)130)64(115)33-49(16-25-74(125)101-40-68(119)82(133)85(136)71(122)43-112)90(140)107-62(65(116)34-50(92(142)143)44-147-148-76-11-5-6-29-96-76)37-98-75(126)28-30-146-45-58-56-9-3-1-7-54(56)55-8-2-4-10-57(55)58;/h1-13,17-18,29,36,47-50,58-62,66-71,80-85,97,110-112,117-122,131-136H,14-16,19-28,30-35,37-45H2,(H,98,126)(H,99,123)(H,100,124)(H,101,125)(H,104,138)(H,105,139)(H,106,137)(H,107,140)(H,127,128)(H,129,130)(H,142,143)(H,144,145)(H3,95,102,108,109,141);1H4/t47-,48-,49-,50+,59+,60+,61+,62+,66+,67+,68+,69-,70-,71-,80-,81-,82-,83-,84-,85-;/m1./s1. The number of Topliss-reactive ketones (excluding diaryl/α,β-unsaturated/α-hetero) is 4. The molecular weight excluding hydrogens is 2020 g/mol. The van der Waals surface area contributed by atoms with E-state index < -0.39 is 370 Å². The molecule has 3 heterocycles. The average Bonchev–Trinajstić information content (AvgIpc) is 1.61. The number of aromatic nitrogens is 5. The zero-order chi connectivity index (χ0) is 109. The number of amides is 8. The molecular formula is C95H129N15O36S3. The lowest BCUT2D eigenvalue weighted by Gasteiger charge is -2.27. The fourth-order valence-corrected chi connectivity index (χ4v) is 18.7. The minimum absolute atomic E-state index is 0. The fraction of sp³-hybridized carbons (Fsp3) is 0.526. The Labute approximate surface area is 863 Å². The molecule has 6 aromatic rings. The molecule has 3 aromatic carbocycles. The van der Waals surface area contributed by atoms with Crippen LogP contribution in [0, 0.1) is 23.7 Å². The normalized spacial score (nSPS) is 15.8. The molecule has 7 rings (SSSR count). The number of carbonyl (C=O) groups is 16. The Hall–Kier alpha value is -12.6. The first kappa shape index (κ1) is 125. The topological polar surface area (TPSA) is 876 Å². The van der Waals surface area contributed by atoms with Crippen molar-refractivity contribution in [1.82, 2.24) is 67.5 Å². The van der Waals surface area contributed by atoms with Crippen LogP contribution in [0.4, 0.5) is 11.6 Å². The smallest absolute Gasteiger partial charge is 0.326 e. The quantitative estimate of drug-likeness (QED) is 0.0126. The number of hydrogen-bond acceptors (Lipinski definition) is 41. The van der Waals surface area contributed by atoms with Crippen molar-refractivity contribution < 1.29 is 174 Å². The minimum atomic E-state index is -2.26. The van der Waals surface area contributed by atoms with E-state index in [1.807, 2.05) is 48.5 Å². The lowest BCUT2D eigenvalue weighted by molar-refractivity contribution is -0.143. The number of H-pyrrole nitrogens is 1. The number of nitrogens with zero attached hydrogens (tertiary/aromatic N) is 4. The molecule has 8 amide bonds. The summed E-state index contributed by atoms with van der Waals surface area (Å²) in [6.45, 7) is -6.80. The number of anilines is 2. The Morgan fingerprint density at radius 2 is 0.852 bits per heavy atom. The van der Waals surface area contributed by atoms with Crippen LogP contribution in [0.15, 0.2) is 113 Å². The van der Waals surface area contributed by atoms with Crippen molar-refractivity contribution in [3.05, 3.63) is 136 Å². The molecule has 1 aliphatic rings. The van der Waals surface area contributed by atoms with E-state index in [0.29, 0.717) is 16.5 Å². The molecule has 1 aliphatic carbocycles. The van der Waals surface area contributed by atoms with Crippen LogP contribution >= 0.6 is 33.3 Å². The first-order valence-electron chi connectivity index (χ1n) is 46.9. The van der Waals surface area contributed by atoms with E-state index in [9.17, 15) is 159 Å². The molecule has 31 N–H and O–H groups in total. The molecule has 20 atom stereocenters. The van der Waals surface area contributed by atoms with E-state index in [1.165, 1.54) is 48.4 Å². The Morgan fingerprint density at radius 1 is 0.430 bits per heavy atom. The zero-order valence-corrected chi connectivity index (χ0v) is 82.2. The van der Waals surface area contributed by atoms with E-state index in [0.717, 1.165) is 43.8 Å². The summed E-state index contributed by atoms with van der Waals surface area (Å²) in [6, 6.07) is 18.0. The zero-order valence-electron chi connectivity index (χ0n) is 79.8. The van der Waals surface area contributed by atoms with Crippen molar-refractivity contribution in [2.24, 2.45) is 23.7 Å². The van der Waals surface area contributed by atoms with Gasteiger partial charge in [0.2, 0.25) is 47.3 Å². The second-order valence-corrected chi connectivity index (χ2v) is 38.6. The second kappa shape index (κ2) is 63.4. The highest BCUT2D eigenvalue weighted by atomic mass is 33.1. The number of aliphatic hydroxyl groups excluding tert-OH is 15. The third kappa shape index (κ3) is 41.0. The molecule has 0 bridgehead atoms. The molecule has 818 valence electrons. The largest absolute Gasteiger partial charge is 0.481 e. The van der Waals surface area contributed by atoms with Gasteiger partial charge in [0.25, 0.3) is 11.5 Å².